The Bertz CT molecular complexity index is 1250. The molecule has 3 aromatic rings. The van der Waals surface area contributed by atoms with E-state index in [9.17, 15) is 9.59 Å². The van der Waals surface area contributed by atoms with Gasteiger partial charge in [-0.25, -0.2) is 0 Å². The fourth-order valence-electron chi connectivity index (χ4n) is 5.03. The van der Waals surface area contributed by atoms with E-state index >= 15 is 0 Å². The zero-order valence-electron chi connectivity index (χ0n) is 18.7. The highest BCUT2D eigenvalue weighted by molar-refractivity contribution is 6.06. The molecule has 1 amide bonds. The number of carbonyl (C=O) groups excluding carboxylic acids is 2. The summed E-state index contributed by atoms with van der Waals surface area (Å²) in [4.78, 5) is 28.5. The van der Waals surface area contributed by atoms with E-state index in [2.05, 4.69) is 17.4 Å². The first-order chi connectivity index (χ1) is 16.1. The number of anilines is 2. The highest BCUT2D eigenvalue weighted by Gasteiger charge is 2.40. The second-order valence-corrected chi connectivity index (χ2v) is 8.54. The number of amides is 1. The molecule has 5 heteroatoms. The Labute approximate surface area is 193 Å². The molecule has 0 fully saturated rings. The van der Waals surface area contributed by atoms with Crippen LogP contribution in [0.1, 0.15) is 42.9 Å². The Morgan fingerprint density at radius 1 is 0.939 bits per heavy atom. The topological polar surface area (TPSA) is 58.6 Å². The number of nitrogens with one attached hydrogen (secondary N) is 1. The smallest absolute Gasteiger partial charge is 0.224 e. The van der Waals surface area contributed by atoms with Gasteiger partial charge in [-0.05, 0) is 47.7 Å². The van der Waals surface area contributed by atoms with Crippen molar-refractivity contribution in [3.63, 3.8) is 0 Å². The molecule has 1 N–H and O–H groups in total. The summed E-state index contributed by atoms with van der Waals surface area (Å²) >= 11 is 0. The molecular weight excluding hydrogens is 412 g/mol. The Morgan fingerprint density at radius 2 is 1.67 bits per heavy atom. The van der Waals surface area contributed by atoms with Gasteiger partial charge in [0.1, 0.15) is 5.75 Å². The predicted molar refractivity (Wildman–Crippen MR) is 129 cm³/mol. The minimum Gasteiger partial charge on any atom is -0.497 e. The summed E-state index contributed by atoms with van der Waals surface area (Å²) in [7, 11) is 1.62. The molecule has 0 saturated carbocycles. The van der Waals surface area contributed by atoms with Crippen LogP contribution in [0.25, 0.3) is 0 Å². The Morgan fingerprint density at radius 3 is 2.42 bits per heavy atom. The summed E-state index contributed by atoms with van der Waals surface area (Å²) in [5, 5.41) is 3.54. The SMILES string of the molecule is COc1cccc([C@H]2C3=C(C[C@@H](c4ccccc4)CC3=O)Nc3ccccc3N2C(C)=O)c1. The molecule has 1 aliphatic carbocycles. The average molecular weight is 439 g/mol. The zero-order chi connectivity index (χ0) is 22.9. The molecule has 1 aliphatic heterocycles. The highest BCUT2D eigenvalue weighted by atomic mass is 16.5. The van der Waals surface area contributed by atoms with E-state index in [1.54, 1.807) is 18.9 Å². The summed E-state index contributed by atoms with van der Waals surface area (Å²) in [5.41, 5.74) is 5.12. The number of nitrogens with zero attached hydrogens (tertiary/aromatic N) is 1. The van der Waals surface area contributed by atoms with Crippen LogP contribution in [-0.4, -0.2) is 18.8 Å². The number of methoxy groups -OCH3 is 1. The van der Waals surface area contributed by atoms with Crippen molar-refractivity contribution in [3.05, 3.63) is 101 Å². The number of fused-ring (bicyclic) bond motifs is 1. The molecule has 2 aliphatic rings. The van der Waals surface area contributed by atoms with Crippen LogP contribution in [0.4, 0.5) is 11.4 Å². The minimum absolute atomic E-state index is 0.0597. The van der Waals surface area contributed by atoms with Gasteiger partial charge in [-0.2, -0.15) is 0 Å². The van der Waals surface area contributed by atoms with Gasteiger partial charge >= 0.3 is 0 Å². The van der Waals surface area contributed by atoms with E-state index in [-0.39, 0.29) is 17.6 Å². The second-order valence-electron chi connectivity index (χ2n) is 8.54. The highest BCUT2D eigenvalue weighted by Crippen LogP contribution is 2.47. The van der Waals surface area contributed by atoms with E-state index in [1.807, 2.05) is 66.7 Å². The van der Waals surface area contributed by atoms with Crippen LogP contribution >= 0.6 is 0 Å². The third kappa shape index (κ3) is 3.80. The third-order valence-corrected chi connectivity index (χ3v) is 6.51. The van der Waals surface area contributed by atoms with Crippen molar-refractivity contribution < 1.29 is 14.3 Å². The minimum atomic E-state index is -0.534. The maximum Gasteiger partial charge on any atom is 0.224 e. The van der Waals surface area contributed by atoms with Crippen molar-refractivity contribution >= 4 is 23.1 Å². The average Bonchev–Trinajstić information content (AvgIpc) is 2.99. The molecule has 3 aromatic carbocycles. The summed E-state index contributed by atoms with van der Waals surface area (Å²) in [6.07, 6.45) is 1.11. The number of Topliss-reactive ketones (excluding diaryl/α,β-unsaturated/α-hetero) is 1. The van der Waals surface area contributed by atoms with Crippen molar-refractivity contribution in [3.8, 4) is 5.75 Å². The van der Waals surface area contributed by atoms with Crippen molar-refractivity contribution in [1.82, 2.24) is 0 Å². The van der Waals surface area contributed by atoms with Gasteiger partial charge in [-0.15, -0.1) is 0 Å². The lowest BCUT2D eigenvalue weighted by Gasteiger charge is -2.34. The summed E-state index contributed by atoms with van der Waals surface area (Å²) in [6, 6.07) is 25.0. The van der Waals surface area contributed by atoms with Crippen molar-refractivity contribution in [1.29, 1.82) is 0 Å². The first-order valence-electron chi connectivity index (χ1n) is 11.2. The Kier molecular flexibility index (Phi) is 5.47. The van der Waals surface area contributed by atoms with Gasteiger partial charge in [0.05, 0.1) is 24.5 Å². The van der Waals surface area contributed by atoms with E-state index in [0.29, 0.717) is 24.2 Å². The molecule has 33 heavy (non-hydrogen) atoms. The van der Waals surface area contributed by atoms with Gasteiger partial charge in [0.15, 0.2) is 5.78 Å². The molecule has 0 unspecified atom stereocenters. The van der Waals surface area contributed by atoms with Crippen molar-refractivity contribution in [2.24, 2.45) is 0 Å². The lowest BCUT2D eigenvalue weighted by atomic mass is 9.78. The number of hydrogen-bond donors (Lipinski definition) is 1. The monoisotopic (exact) mass is 438 g/mol. The Balaban J connectivity index is 1.71. The number of allylic oxidation sites excluding steroid dienone is 1. The van der Waals surface area contributed by atoms with Gasteiger partial charge in [0.2, 0.25) is 5.91 Å². The number of carbonyl (C=O) groups is 2. The molecule has 0 saturated heterocycles. The molecule has 5 rings (SSSR count). The number of ketones is 1. The van der Waals surface area contributed by atoms with Crippen LogP contribution in [0.15, 0.2) is 90.1 Å². The molecular formula is C28H26N2O3. The molecule has 0 bridgehead atoms. The van der Waals surface area contributed by atoms with Crippen LogP contribution < -0.4 is 15.0 Å². The van der Waals surface area contributed by atoms with Crippen molar-refractivity contribution in [2.75, 3.05) is 17.3 Å². The fraction of sp³-hybridized carbons (Fsp3) is 0.214. The van der Waals surface area contributed by atoms with Crippen LogP contribution in [0.2, 0.25) is 0 Å². The summed E-state index contributed by atoms with van der Waals surface area (Å²) in [5.74, 6) is 0.717. The maximum atomic E-state index is 13.8. The molecule has 166 valence electrons. The van der Waals surface area contributed by atoms with E-state index in [1.165, 1.54) is 0 Å². The van der Waals surface area contributed by atoms with Crippen LogP contribution in [0, 0.1) is 0 Å². The molecule has 0 spiro atoms. The van der Waals surface area contributed by atoms with Crippen LogP contribution in [0.3, 0.4) is 0 Å². The van der Waals surface area contributed by atoms with Crippen LogP contribution in [-0.2, 0) is 9.59 Å². The van der Waals surface area contributed by atoms with Gasteiger partial charge in [-0.3, -0.25) is 14.5 Å². The van der Waals surface area contributed by atoms with Crippen LogP contribution in [0.5, 0.6) is 5.75 Å². The van der Waals surface area contributed by atoms with E-state index in [4.69, 9.17) is 4.74 Å². The zero-order valence-corrected chi connectivity index (χ0v) is 18.7. The fourth-order valence-corrected chi connectivity index (χ4v) is 5.03. The Hall–Kier alpha value is -3.86. The van der Waals surface area contributed by atoms with Gasteiger partial charge < -0.3 is 10.1 Å². The standard InChI is InChI=1S/C28H26N2O3/c1-18(31)30-25-14-7-6-13-23(25)29-24-16-21(19-9-4-3-5-10-19)17-26(32)27(24)28(30)20-11-8-12-22(15-20)33-2/h3-15,21,28-29H,16-17H2,1-2H3/t21-,28+/m1/s1. The predicted octanol–water partition coefficient (Wildman–Crippen LogP) is 5.62. The van der Waals surface area contributed by atoms with Gasteiger partial charge in [0.25, 0.3) is 0 Å². The van der Waals surface area contributed by atoms with Crippen molar-refractivity contribution in [2.45, 2.75) is 31.7 Å². The molecule has 1 heterocycles. The number of benzene rings is 3. The number of hydrogen-bond acceptors (Lipinski definition) is 4. The van der Waals surface area contributed by atoms with E-state index in [0.717, 1.165) is 28.2 Å². The first kappa shape index (κ1) is 21.0. The number of para-hydroxylation sites is 2. The lowest BCUT2D eigenvalue weighted by Crippen LogP contribution is -2.37. The first-order valence-corrected chi connectivity index (χ1v) is 11.2. The number of ether oxygens (including phenoxy) is 1. The summed E-state index contributed by atoms with van der Waals surface area (Å²) in [6.45, 7) is 1.55. The second kappa shape index (κ2) is 8.58. The lowest BCUT2D eigenvalue weighted by molar-refractivity contribution is -0.117. The van der Waals surface area contributed by atoms with Gasteiger partial charge in [0, 0.05) is 24.6 Å². The molecule has 0 aromatic heterocycles. The van der Waals surface area contributed by atoms with E-state index < -0.39 is 6.04 Å². The molecule has 2 atom stereocenters. The third-order valence-electron chi connectivity index (χ3n) is 6.51. The molecule has 0 radical (unpaired) electrons. The quantitative estimate of drug-likeness (QED) is 0.577. The van der Waals surface area contributed by atoms with Gasteiger partial charge in [-0.1, -0.05) is 54.6 Å². The normalized spacial score (nSPS) is 19.8. The molecule has 5 nitrogen and oxygen atoms in total. The largest absolute Gasteiger partial charge is 0.497 e. The maximum absolute atomic E-state index is 13.8. The number of rotatable bonds is 3. The summed E-state index contributed by atoms with van der Waals surface area (Å²) < 4.78 is 5.46.